The van der Waals surface area contributed by atoms with Crippen LogP contribution in [0.25, 0.3) is 11.0 Å². The van der Waals surface area contributed by atoms with E-state index in [1.54, 1.807) is 6.07 Å². The van der Waals surface area contributed by atoms with Gasteiger partial charge in [0, 0.05) is 11.7 Å². The van der Waals surface area contributed by atoms with E-state index in [1.807, 2.05) is 13.0 Å². The Bertz CT molecular complexity index is 1200. The van der Waals surface area contributed by atoms with Crippen LogP contribution in [0.4, 0.5) is 24.8 Å². The zero-order valence-corrected chi connectivity index (χ0v) is 19.6. The van der Waals surface area contributed by atoms with Crippen LogP contribution in [0.1, 0.15) is 61.5 Å². The van der Waals surface area contributed by atoms with Gasteiger partial charge in [-0.15, -0.1) is 13.2 Å². The lowest BCUT2D eigenvalue weighted by molar-refractivity contribution is -0.274. The third-order valence-electron chi connectivity index (χ3n) is 6.33. The number of carbonyl (C=O) groups is 1. The predicted molar refractivity (Wildman–Crippen MR) is 124 cm³/mol. The van der Waals surface area contributed by atoms with Crippen molar-refractivity contribution in [2.45, 2.75) is 58.9 Å². The fourth-order valence-electron chi connectivity index (χ4n) is 4.78. The number of imidazole rings is 1. The van der Waals surface area contributed by atoms with Crippen LogP contribution < -0.4 is 10.1 Å². The summed E-state index contributed by atoms with van der Waals surface area (Å²) in [6, 6.07) is 9.40. The largest absolute Gasteiger partial charge is 0.573 e. The summed E-state index contributed by atoms with van der Waals surface area (Å²) < 4.78 is 48.5. The molecular weight excluding hydrogens is 447 g/mol. The number of nitrogens with one attached hydrogen (secondary N) is 1. The summed E-state index contributed by atoms with van der Waals surface area (Å²) in [6.07, 6.45) is -0.570. The molecule has 0 saturated heterocycles. The van der Waals surface area contributed by atoms with Gasteiger partial charge in [-0.25, -0.2) is 9.78 Å². The first kappa shape index (κ1) is 23.9. The molecule has 1 N–H and O–H groups in total. The summed E-state index contributed by atoms with van der Waals surface area (Å²) in [7, 11) is 1.34. The molecule has 9 heteroatoms. The molecule has 2 aromatic carbocycles. The van der Waals surface area contributed by atoms with Crippen molar-refractivity contribution >= 4 is 28.6 Å². The number of benzene rings is 2. The van der Waals surface area contributed by atoms with Crippen LogP contribution >= 0.6 is 0 Å². The summed E-state index contributed by atoms with van der Waals surface area (Å²) in [5.74, 6) is -0.148. The first-order valence-electron chi connectivity index (χ1n) is 11.2. The molecule has 1 saturated carbocycles. The molecule has 0 spiro atoms. The summed E-state index contributed by atoms with van der Waals surface area (Å²) >= 11 is 0. The maximum absolute atomic E-state index is 12.5. The SMILES string of the molecule is COC(=O)c1cc2nc(Nc3ccc(OC(F)(F)F)cc3)n(C3CCCC(C)(C)C3)c2cc1C. The van der Waals surface area contributed by atoms with Crippen LogP contribution in [0, 0.1) is 12.3 Å². The van der Waals surface area contributed by atoms with Gasteiger partial charge >= 0.3 is 12.3 Å². The van der Waals surface area contributed by atoms with Crippen molar-refractivity contribution < 1.29 is 27.4 Å². The number of esters is 1. The summed E-state index contributed by atoms with van der Waals surface area (Å²) in [5.41, 5.74) is 3.53. The molecule has 1 fully saturated rings. The number of aryl methyl sites for hydroxylation is 1. The highest BCUT2D eigenvalue weighted by atomic mass is 19.4. The second kappa shape index (κ2) is 8.85. The van der Waals surface area contributed by atoms with Gasteiger partial charge in [-0.2, -0.15) is 0 Å². The third kappa shape index (κ3) is 5.13. The smallest absolute Gasteiger partial charge is 0.465 e. The van der Waals surface area contributed by atoms with E-state index in [-0.39, 0.29) is 17.2 Å². The van der Waals surface area contributed by atoms with Gasteiger partial charge in [0.1, 0.15) is 5.75 Å². The van der Waals surface area contributed by atoms with Crippen LogP contribution in [-0.4, -0.2) is 29.0 Å². The molecule has 1 aliphatic rings. The minimum Gasteiger partial charge on any atom is -0.465 e. The van der Waals surface area contributed by atoms with Crippen LogP contribution in [-0.2, 0) is 4.74 Å². The fourth-order valence-corrected chi connectivity index (χ4v) is 4.78. The Balaban J connectivity index is 1.76. The van der Waals surface area contributed by atoms with Gasteiger partial charge in [0.15, 0.2) is 0 Å². The van der Waals surface area contributed by atoms with Gasteiger partial charge < -0.3 is 19.4 Å². The standard InChI is InChI=1S/C25H28F3N3O3/c1-15-12-21-20(13-19(15)22(32)33-4)30-23(31(21)17-6-5-11-24(2,3)14-17)29-16-7-9-18(10-8-16)34-25(26,27)28/h7-10,12-13,17H,5-6,11,14H2,1-4H3,(H,29,30). The topological polar surface area (TPSA) is 65.4 Å². The summed E-state index contributed by atoms with van der Waals surface area (Å²) in [4.78, 5) is 17.0. The Hall–Kier alpha value is -3.23. The molecule has 1 heterocycles. The number of nitrogens with zero attached hydrogens (tertiary/aromatic N) is 2. The maximum atomic E-state index is 12.5. The zero-order valence-electron chi connectivity index (χ0n) is 19.6. The zero-order chi connectivity index (χ0) is 24.7. The molecule has 1 aromatic heterocycles. The monoisotopic (exact) mass is 475 g/mol. The first-order chi connectivity index (χ1) is 16.0. The van der Waals surface area contributed by atoms with E-state index in [2.05, 4.69) is 28.5 Å². The number of hydrogen-bond donors (Lipinski definition) is 1. The molecule has 0 aliphatic heterocycles. The Morgan fingerprint density at radius 1 is 1.21 bits per heavy atom. The Kier molecular flexibility index (Phi) is 6.22. The normalized spacial score (nSPS) is 18.0. The minimum atomic E-state index is -4.74. The van der Waals surface area contributed by atoms with Crippen molar-refractivity contribution in [3.8, 4) is 5.75 Å². The second-order valence-electron chi connectivity index (χ2n) is 9.56. The van der Waals surface area contributed by atoms with Gasteiger partial charge in [0.05, 0.1) is 23.7 Å². The maximum Gasteiger partial charge on any atom is 0.573 e. The molecule has 0 bridgehead atoms. The number of methoxy groups -OCH3 is 1. The Morgan fingerprint density at radius 2 is 1.91 bits per heavy atom. The van der Waals surface area contributed by atoms with Gasteiger partial charge in [-0.05, 0) is 73.6 Å². The first-order valence-corrected chi connectivity index (χ1v) is 11.2. The molecule has 3 aromatic rings. The highest BCUT2D eigenvalue weighted by molar-refractivity contribution is 5.96. The van der Waals surface area contributed by atoms with E-state index in [1.165, 1.54) is 31.4 Å². The van der Waals surface area contributed by atoms with Crippen molar-refractivity contribution in [1.29, 1.82) is 0 Å². The average molecular weight is 476 g/mol. The number of ether oxygens (including phenoxy) is 2. The summed E-state index contributed by atoms with van der Waals surface area (Å²) in [6.45, 7) is 6.37. The number of fused-ring (bicyclic) bond motifs is 1. The average Bonchev–Trinajstić information content (AvgIpc) is 3.08. The van der Waals surface area contributed by atoms with Crippen LogP contribution in [0.15, 0.2) is 36.4 Å². The highest BCUT2D eigenvalue weighted by Gasteiger charge is 2.32. The molecule has 34 heavy (non-hydrogen) atoms. The lowest BCUT2D eigenvalue weighted by atomic mass is 9.75. The Morgan fingerprint density at radius 3 is 2.53 bits per heavy atom. The molecule has 4 rings (SSSR count). The number of halogens is 3. The van der Waals surface area contributed by atoms with Crippen molar-refractivity contribution in [2.24, 2.45) is 5.41 Å². The van der Waals surface area contributed by atoms with Crippen molar-refractivity contribution in [3.05, 3.63) is 47.5 Å². The van der Waals surface area contributed by atoms with E-state index < -0.39 is 12.3 Å². The van der Waals surface area contributed by atoms with Crippen LogP contribution in [0.3, 0.4) is 0 Å². The molecule has 0 radical (unpaired) electrons. The molecule has 182 valence electrons. The second-order valence-corrected chi connectivity index (χ2v) is 9.56. The van der Waals surface area contributed by atoms with Gasteiger partial charge in [-0.3, -0.25) is 0 Å². The predicted octanol–water partition coefficient (Wildman–Crippen LogP) is 6.91. The number of carbonyl (C=O) groups excluding carboxylic acids is 1. The van der Waals surface area contributed by atoms with E-state index in [4.69, 9.17) is 9.72 Å². The van der Waals surface area contributed by atoms with Gasteiger partial charge in [0.2, 0.25) is 5.95 Å². The van der Waals surface area contributed by atoms with Gasteiger partial charge in [0.25, 0.3) is 0 Å². The van der Waals surface area contributed by atoms with E-state index in [0.717, 1.165) is 36.8 Å². The molecule has 1 aliphatic carbocycles. The lowest BCUT2D eigenvalue weighted by Gasteiger charge is -2.36. The van der Waals surface area contributed by atoms with Crippen LogP contribution in [0.2, 0.25) is 0 Å². The number of aromatic nitrogens is 2. The van der Waals surface area contributed by atoms with E-state index in [9.17, 15) is 18.0 Å². The fraction of sp³-hybridized carbons (Fsp3) is 0.440. The van der Waals surface area contributed by atoms with E-state index >= 15 is 0 Å². The minimum absolute atomic E-state index is 0.175. The molecule has 1 unspecified atom stereocenters. The number of hydrogen-bond acceptors (Lipinski definition) is 5. The van der Waals surface area contributed by atoms with Gasteiger partial charge in [-0.1, -0.05) is 20.3 Å². The van der Waals surface area contributed by atoms with Crippen molar-refractivity contribution in [3.63, 3.8) is 0 Å². The number of alkyl halides is 3. The summed E-state index contributed by atoms with van der Waals surface area (Å²) in [5, 5.41) is 3.26. The molecular formula is C25H28F3N3O3. The third-order valence-corrected chi connectivity index (χ3v) is 6.33. The van der Waals surface area contributed by atoms with Crippen molar-refractivity contribution in [2.75, 3.05) is 12.4 Å². The number of rotatable bonds is 5. The van der Waals surface area contributed by atoms with Crippen LogP contribution in [0.5, 0.6) is 5.75 Å². The highest BCUT2D eigenvalue weighted by Crippen LogP contribution is 2.44. The van der Waals surface area contributed by atoms with Crippen molar-refractivity contribution in [1.82, 2.24) is 9.55 Å². The molecule has 0 amide bonds. The molecule has 1 atom stereocenters. The number of anilines is 2. The van der Waals surface area contributed by atoms with E-state index in [0.29, 0.717) is 22.7 Å². The molecule has 6 nitrogen and oxygen atoms in total. The Labute approximate surface area is 196 Å². The lowest BCUT2D eigenvalue weighted by Crippen LogP contribution is -2.25. The quantitative estimate of drug-likeness (QED) is 0.406.